The van der Waals surface area contributed by atoms with E-state index in [-0.39, 0.29) is 5.54 Å². The average Bonchev–Trinajstić information content (AvgIpc) is 3.33. The number of aromatic nitrogens is 3. The van der Waals surface area contributed by atoms with Gasteiger partial charge in [-0.3, -0.25) is 9.97 Å². The van der Waals surface area contributed by atoms with Crippen molar-refractivity contribution in [3.63, 3.8) is 0 Å². The molecule has 0 saturated heterocycles. The average molecular weight is 390 g/mol. The third-order valence-corrected chi connectivity index (χ3v) is 5.96. The van der Waals surface area contributed by atoms with Gasteiger partial charge >= 0.3 is 5.97 Å². The smallest absolute Gasteiger partial charge is 0.337 e. The number of pyridine rings is 2. The molecule has 0 radical (unpaired) electrons. The molecule has 5 rings (SSSR count). The second-order valence-corrected chi connectivity index (χ2v) is 8.02. The first-order valence-electron chi connectivity index (χ1n) is 9.72. The fraction of sp³-hybridized carbons (Fsp3) is 0.318. The zero-order valence-corrected chi connectivity index (χ0v) is 16.2. The predicted octanol–water partition coefficient (Wildman–Crippen LogP) is 2.98. The number of carboxylic acid groups (broad SMARTS) is 1. The molecule has 29 heavy (non-hydrogen) atoms. The van der Waals surface area contributed by atoms with Gasteiger partial charge in [0.1, 0.15) is 5.75 Å². The lowest BCUT2D eigenvalue weighted by molar-refractivity contribution is 0.0694. The Bertz CT molecular complexity index is 1130. The molecule has 0 atom stereocenters. The Labute approximate surface area is 168 Å². The quantitative estimate of drug-likeness (QED) is 0.617. The SMILES string of the molecule is COc1cncc(-c2cc3c(cn2)CCc2c-3[nH]c(CC3(N)CC3)c2C(=O)O)c1. The number of fused-ring (bicyclic) bond motifs is 3. The van der Waals surface area contributed by atoms with Gasteiger partial charge in [-0.25, -0.2) is 4.79 Å². The van der Waals surface area contributed by atoms with Crippen LogP contribution < -0.4 is 10.5 Å². The zero-order chi connectivity index (χ0) is 20.2. The van der Waals surface area contributed by atoms with Gasteiger partial charge in [-0.1, -0.05) is 0 Å². The molecule has 7 nitrogen and oxygen atoms in total. The van der Waals surface area contributed by atoms with E-state index in [1.54, 1.807) is 19.5 Å². The normalized spacial score (nSPS) is 16.1. The molecule has 0 bridgehead atoms. The Morgan fingerprint density at radius 3 is 2.83 bits per heavy atom. The number of carbonyl (C=O) groups is 1. The van der Waals surface area contributed by atoms with Crippen molar-refractivity contribution in [2.75, 3.05) is 7.11 Å². The van der Waals surface area contributed by atoms with Crippen LogP contribution in [-0.2, 0) is 19.3 Å². The van der Waals surface area contributed by atoms with E-state index in [0.717, 1.165) is 58.6 Å². The van der Waals surface area contributed by atoms with Gasteiger partial charge in [-0.15, -0.1) is 0 Å². The summed E-state index contributed by atoms with van der Waals surface area (Å²) in [6.45, 7) is 0. The zero-order valence-electron chi connectivity index (χ0n) is 16.2. The van der Waals surface area contributed by atoms with Gasteiger partial charge in [0.05, 0.1) is 30.3 Å². The Balaban J connectivity index is 1.62. The summed E-state index contributed by atoms with van der Waals surface area (Å²) in [4.78, 5) is 24.3. The highest BCUT2D eigenvalue weighted by molar-refractivity contribution is 5.95. The molecule has 2 aliphatic rings. The predicted molar refractivity (Wildman–Crippen MR) is 108 cm³/mol. The van der Waals surface area contributed by atoms with Crippen molar-refractivity contribution in [1.82, 2.24) is 15.0 Å². The van der Waals surface area contributed by atoms with E-state index in [4.69, 9.17) is 10.5 Å². The molecule has 2 aliphatic carbocycles. The third kappa shape index (κ3) is 3.07. The van der Waals surface area contributed by atoms with Crippen LogP contribution in [0.2, 0.25) is 0 Å². The number of ether oxygens (including phenoxy) is 1. The number of aryl methyl sites for hydroxylation is 1. The van der Waals surface area contributed by atoms with E-state index in [9.17, 15) is 9.90 Å². The van der Waals surface area contributed by atoms with Crippen molar-refractivity contribution in [1.29, 1.82) is 0 Å². The van der Waals surface area contributed by atoms with Gasteiger partial charge in [0.25, 0.3) is 0 Å². The number of carboxylic acids is 1. The topological polar surface area (TPSA) is 114 Å². The summed E-state index contributed by atoms with van der Waals surface area (Å²) in [6.07, 6.45) is 9.14. The third-order valence-electron chi connectivity index (χ3n) is 5.96. The molecular weight excluding hydrogens is 368 g/mol. The minimum Gasteiger partial charge on any atom is -0.495 e. The highest BCUT2D eigenvalue weighted by Crippen LogP contribution is 2.41. The molecule has 1 fully saturated rings. The molecule has 7 heteroatoms. The number of nitrogens with one attached hydrogen (secondary N) is 1. The lowest BCUT2D eigenvalue weighted by atomic mass is 9.88. The second kappa shape index (κ2) is 6.42. The first kappa shape index (κ1) is 17.9. The molecule has 0 aromatic carbocycles. The summed E-state index contributed by atoms with van der Waals surface area (Å²) < 4.78 is 5.27. The van der Waals surface area contributed by atoms with Gasteiger partial charge in [0.15, 0.2) is 0 Å². The summed E-state index contributed by atoms with van der Waals surface area (Å²) in [5.74, 6) is -0.229. The molecule has 3 heterocycles. The Hall–Kier alpha value is -3.19. The summed E-state index contributed by atoms with van der Waals surface area (Å²) in [7, 11) is 1.60. The van der Waals surface area contributed by atoms with Gasteiger partial charge in [-0.2, -0.15) is 0 Å². The Kier molecular flexibility index (Phi) is 3.96. The van der Waals surface area contributed by atoms with Crippen molar-refractivity contribution in [3.8, 4) is 28.3 Å². The van der Waals surface area contributed by atoms with Crippen LogP contribution in [-0.4, -0.2) is 38.7 Å². The summed E-state index contributed by atoms with van der Waals surface area (Å²) >= 11 is 0. The van der Waals surface area contributed by atoms with Crippen LogP contribution in [0.5, 0.6) is 5.75 Å². The van der Waals surface area contributed by atoms with Crippen LogP contribution in [0.1, 0.15) is 40.0 Å². The molecule has 0 aliphatic heterocycles. The van der Waals surface area contributed by atoms with Gasteiger partial charge in [0, 0.05) is 41.2 Å². The van der Waals surface area contributed by atoms with Crippen molar-refractivity contribution >= 4 is 5.97 Å². The molecule has 148 valence electrons. The maximum atomic E-state index is 12.0. The molecule has 3 aromatic heterocycles. The molecule has 0 amide bonds. The minimum atomic E-state index is -0.892. The van der Waals surface area contributed by atoms with E-state index < -0.39 is 5.97 Å². The number of hydrogen-bond donors (Lipinski definition) is 3. The van der Waals surface area contributed by atoms with E-state index >= 15 is 0 Å². The molecule has 3 aromatic rings. The largest absolute Gasteiger partial charge is 0.495 e. The van der Waals surface area contributed by atoms with Gasteiger partial charge in [0.2, 0.25) is 0 Å². The van der Waals surface area contributed by atoms with Crippen LogP contribution in [0.3, 0.4) is 0 Å². The van der Waals surface area contributed by atoms with Crippen molar-refractivity contribution in [2.24, 2.45) is 5.73 Å². The van der Waals surface area contributed by atoms with Crippen LogP contribution in [0, 0.1) is 0 Å². The van der Waals surface area contributed by atoms with Gasteiger partial charge in [-0.05, 0) is 48.9 Å². The number of H-pyrrole nitrogens is 1. The Morgan fingerprint density at radius 2 is 2.10 bits per heavy atom. The minimum absolute atomic E-state index is 0.268. The number of rotatable bonds is 5. The molecule has 0 spiro atoms. The van der Waals surface area contributed by atoms with E-state index in [0.29, 0.717) is 24.2 Å². The summed E-state index contributed by atoms with van der Waals surface area (Å²) in [5, 5.41) is 9.87. The van der Waals surface area contributed by atoms with Crippen LogP contribution in [0.25, 0.3) is 22.5 Å². The number of nitrogens with two attached hydrogens (primary N) is 1. The molecule has 0 unspecified atom stereocenters. The maximum absolute atomic E-state index is 12.0. The lowest BCUT2D eigenvalue weighted by Crippen LogP contribution is -2.25. The first-order valence-corrected chi connectivity index (χ1v) is 9.72. The second-order valence-electron chi connectivity index (χ2n) is 8.02. The molecule has 4 N–H and O–H groups in total. The number of aromatic carboxylic acids is 1. The van der Waals surface area contributed by atoms with Crippen molar-refractivity contribution < 1.29 is 14.6 Å². The number of nitrogens with zero attached hydrogens (tertiary/aromatic N) is 2. The van der Waals surface area contributed by atoms with Gasteiger partial charge < -0.3 is 20.6 Å². The van der Waals surface area contributed by atoms with Crippen molar-refractivity contribution in [2.45, 2.75) is 37.6 Å². The number of methoxy groups -OCH3 is 1. The lowest BCUT2D eigenvalue weighted by Gasteiger charge is -2.17. The maximum Gasteiger partial charge on any atom is 0.337 e. The summed E-state index contributed by atoms with van der Waals surface area (Å²) in [5.41, 5.74) is 12.6. The monoisotopic (exact) mass is 390 g/mol. The first-order chi connectivity index (χ1) is 14.0. The highest BCUT2D eigenvalue weighted by Gasteiger charge is 2.40. The van der Waals surface area contributed by atoms with E-state index in [2.05, 4.69) is 15.0 Å². The standard InChI is InChI=1S/C22H22N4O3/c1-29-14-6-13(9-24-11-14)17-7-16-12(10-25-17)2-3-15-19(21(27)28)18(26-20(15)16)8-22(23)4-5-22/h6-7,9-11,26H,2-5,8,23H2,1H3,(H,27,28). The van der Waals surface area contributed by atoms with E-state index in [1.807, 2.05) is 18.3 Å². The highest BCUT2D eigenvalue weighted by atomic mass is 16.5. The van der Waals surface area contributed by atoms with Crippen LogP contribution >= 0.6 is 0 Å². The summed E-state index contributed by atoms with van der Waals surface area (Å²) in [6, 6.07) is 3.89. The number of hydrogen-bond acceptors (Lipinski definition) is 5. The van der Waals surface area contributed by atoms with Crippen LogP contribution in [0.15, 0.2) is 30.7 Å². The van der Waals surface area contributed by atoms with Crippen molar-refractivity contribution in [3.05, 3.63) is 53.1 Å². The molecular formula is C22H22N4O3. The molecule has 1 saturated carbocycles. The fourth-order valence-corrected chi connectivity index (χ4v) is 4.16. The fourth-order valence-electron chi connectivity index (χ4n) is 4.16. The van der Waals surface area contributed by atoms with E-state index in [1.165, 1.54) is 0 Å². The number of aromatic amines is 1. The Morgan fingerprint density at radius 1 is 1.28 bits per heavy atom. The van der Waals surface area contributed by atoms with Crippen LogP contribution in [0.4, 0.5) is 0 Å².